The summed E-state index contributed by atoms with van der Waals surface area (Å²) in [5.74, 6) is -2.01. The van der Waals surface area contributed by atoms with Crippen molar-refractivity contribution < 1.29 is 42.9 Å². The molecule has 0 heterocycles. The number of aliphatic carboxylic acids is 1. The largest absolute Gasteiger partial charge is 0.477 e. The molecular weight excluding hydrogens is 1050 g/mol. The molecule has 2 unspecified atom stereocenters. The number of quaternary nitrogens is 1. The summed E-state index contributed by atoms with van der Waals surface area (Å²) in [5.41, 5.74) is 0. The number of allylic oxidation sites excluding steroid dienone is 22. The molecule has 85 heavy (non-hydrogen) atoms. The van der Waals surface area contributed by atoms with E-state index in [0.717, 1.165) is 109 Å². The van der Waals surface area contributed by atoms with Gasteiger partial charge < -0.3 is 28.5 Å². The van der Waals surface area contributed by atoms with Crippen molar-refractivity contribution in [2.45, 2.75) is 283 Å². The van der Waals surface area contributed by atoms with Gasteiger partial charge in [0.1, 0.15) is 13.2 Å². The summed E-state index contributed by atoms with van der Waals surface area (Å²) in [5, 5.41) is 9.75. The minimum Gasteiger partial charge on any atom is -0.477 e. The van der Waals surface area contributed by atoms with E-state index in [4.69, 9.17) is 18.9 Å². The monoisotopic (exact) mass is 1180 g/mol. The van der Waals surface area contributed by atoms with Crippen LogP contribution in [0.3, 0.4) is 0 Å². The molecule has 484 valence electrons. The zero-order chi connectivity index (χ0) is 61.9. The lowest BCUT2D eigenvalue weighted by Gasteiger charge is -2.25. The maximum absolute atomic E-state index is 12.9. The van der Waals surface area contributed by atoms with Gasteiger partial charge in [0.05, 0.1) is 34.4 Å². The Hall–Kier alpha value is -4.57. The molecule has 1 N–H and O–H groups in total. The molecule has 0 spiro atoms. The van der Waals surface area contributed by atoms with Crippen LogP contribution in [0.15, 0.2) is 134 Å². The molecule has 0 aliphatic heterocycles. The first kappa shape index (κ1) is 80.4. The van der Waals surface area contributed by atoms with Crippen molar-refractivity contribution in [3.8, 4) is 0 Å². The molecule has 0 fully saturated rings. The molecule has 0 radical (unpaired) electrons. The van der Waals surface area contributed by atoms with E-state index in [-0.39, 0.29) is 32.2 Å². The van der Waals surface area contributed by atoms with Gasteiger partial charge in [-0.15, -0.1) is 0 Å². The quantitative estimate of drug-likeness (QED) is 0.0211. The summed E-state index contributed by atoms with van der Waals surface area (Å²) in [4.78, 5) is 37.6. The van der Waals surface area contributed by atoms with Crippen LogP contribution in [0.1, 0.15) is 271 Å². The highest BCUT2D eigenvalue weighted by Gasteiger charge is 2.25. The van der Waals surface area contributed by atoms with Gasteiger partial charge >= 0.3 is 17.9 Å². The highest BCUT2D eigenvalue weighted by atomic mass is 16.7. The third-order valence-electron chi connectivity index (χ3n) is 14.4. The van der Waals surface area contributed by atoms with Crippen molar-refractivity contribution in [1.29, 1.82) is 0 Å². The predicted octanol–water partition coefficient (Wildman–Crippen LogP) is 21.4. The number of carbonyl (C=O) groups is 3. The number of rotatable bonds is 62. The van der Waals surface area contributed by atoms with Gasteiger partial charge in [-0.25, -0.2) is 4.79 Å². The highest BCUT2D eigenvalue weighted by molar-refractivity contribution is 5.71. The molecule has 0 rings (SSSR count). The second-order valence-corrected chi connectivity index (χ2v) is 23.7. The Kier molecular flexibility index (Phi) is 61.9. The zero-order valence-corrected chi connectivity index (χ0v) is 55.2. The fourth-order valence-corrected chi connectivity index (χ4v) is 9.22. The van der Waals surface area contributed by atoms with E-state index in [0.29, 0.717) is 23.9 Å². The molecule has 9 heteroatoms. The summed E-state index contributed by atoms with van der Waals surface area (Å²) in [6.45, 7) is 4.65. The Morgan fingerprint density at radius 3 is 0.941 bits per heavy atom. The van der Waals surface area contributed by atoms with Crippen molar-refractivity contribution in [1.82, 2.24) is 0 Å². The Balaban J connectivity index is 4.16. The minimum absolute atomic E-state index is 0.182. The molecule has 0 aliphatic carbocycles. The van der Waals surface area contributed by atoms with Crippen molar-refractivity contribution in [3.63, 3.8) is 0 Å². The average molecular weight is 1180 g/mol. The third kappa shape index (κ3) is 66.8. The lowest BCUT2D eigenvalue weighted by Crippen LogP contribution is -2.40. The molecule has 0 bridgehead atoms. The number of ether oxygens (including phenoxy) is 4. The van der Waals surface area contributed by atoms with Gasteiger partial charge in [-0.3, -0.25) is 9.59 Å². The van der Waals surface area contributed by atoms with Crippen molar-refractivity contribution in [2.75, 3.05) is 47.5 Å². The maximum atomic E-state index is 12.9. The molecule has 0 amide bonds. The van der Waals surface area contributed by atoms with Gasteiger partial charge in [-0.1, -0.05) is 282 Å². The van der Waals surface area contributed by atoms with Crippen molar-refractivity contribution >= 4 is 17.9 Å². The summed E-state index contributed by atoms with van der Waals surface area (Å²) >= 11 is 0. The van der Waals surface area contributed by atoms with E-state index in [1.54, 1.807) is 0 Å². The second kappa shape index (κ2) is 65.4. The summed E-state index contributed by atoms with van der Waals surface area (Å²) in [6, 6.07) is 0. The number of hydrogen-bond donors (Lipinski definition) is 1. The smallest absolute Gasteiger partial charge is 0.361 e. The summed E-state index contributed by atoms with van der Waals surface area (Å²) in [7, 11) is 5.97. The first-order valence-electron chi connectivity index (χ1n) is 34.3. The van der Waals surface area contributed by atoms with Crippen LogP contribution in [-0.4, -0.2) is 87.4 Å². The van der Waals surface area contributed by atoms with Crippen molar-refractivity contribution in [3.05, 3.63) is 134 Å². The fourth-order valence-electron chi connectivity index (χ4n) is 9.22. The SMILES string of the molecule is CC/C=C\C/C=C\C/C=C\C/C=C\C/C=C\C/C=C\CCCCCCCCCCCCCCCCC(=O)OC(COC(=O)CCCCCCCCCCCCC/C=C\C/C=C\C/C=C\C/C=C\C/C=C\CC)COC(OCC[N+](C)(C)C)C(=O)O. The molecule has 0 aliphatic rings. The minimum atomic E-state index is -1.52. The van der Waals surface area contributed by atoms with Crippen LogP contribution in [0.5, 0.6) is 0 Å². The first-order chi connectivity index (χ1) is 41.6. The Labute approximate surface area is 522 Å². The molecule has 9 nitrogen and oxygen atoms in total. The number of likely N-dealkylation sites (N-methyl/N-ethyl adjacent to an activating group) is 1. The van der Waals surface area contributed by atoms with E-state index in [2.05, 4.69) is 148 Å². The molecule has 0 saturated carbocycles. The Bertz CT molecular complexity index is 1860. The lowest BCUT2D eigenvalue weighted by molar-refractivity contribution is -0.870. The number of carboxylic acid groups (broad SMARTS) is 1. The van der Waals surface area contributed by atoms with Gasteiger partial charge in [-0.05, 0) is 109 Å². The number of nitrogens with zero attached hydrogens (tertiary/aromatic N) is 1. The summed E-state index contributed by atoms with van der Waals surface area (Å²) < 4.78 is 23.0. The van der Waals surface area contributed by atoms with Crippen molar-refractivity contribution in [2.24, 2.45) is 0 Å². The van der Waals surface area contributed by atoms with Crippen LogP contribution in [0.2, 0.25) is 0 Å². The molecule has 2 atom stereocenters. The third-order valence-corrected chi connectivity index (χ3v) is 14.4. The molecule has 0 aromatic carbocycles. The van der Waals surface area contributed by atoms with E-state index in [9.17, 15) is 19.5 Å². The maximum Gasteiger partial charge on any atom is 0.361 e. The van der Waals surface area contributed by atoms with Crippen LogP contribution < -0.4 is 0 Å². The average Bonchev–Trinajstić information content (AvgIpc) is 3.49. The van der Waals surface area contributed by atoms with Crippen LogP contribution in [0.25, 0.3) is 0 Å². The molecule has 0 aromatic heterocycles. The fraction of sp³-hybridized carbons (Fsp3) is 0.671. The zero-order valence-electron chi connectivity index (χ0n) is 55.2. The van der Waals surface area contributed by atoms with Gasteiger partial charge in [0, 0.05) is 12.8 Å². The van der Waals surface area contributed by atoms with Gasteiger partial charge in [0.25, 0.3) is 6.29 Å². The molecule has 0 aromatic rings. The topological polar surface area (TPSA) is 108 Å². The van der Waals surface area contributed by atoms with Gasteiger partial charge in [0.15, 0.2) is 6.10 Å². The number of esters is 2. The van der Waals surface area contributed by atoms with Crippen LogP contribution in [0, 0.1) is 0 Å². The van der Waals surface area contributed by atoms with Gasteiger partial charge in [0.2, 0.25) is 0 Å². The standard InChI is InChI=1S/C76H127NO8/c1-6-8-10-12-14-16-18-20-22-24-26-28-30-32-34-35-36-37-38-39-41-43-45-47-49-51-53-55-57-59-61-63-65-67-74(79)85-72(71-84-76(75(80)81)82-69-68-77(3,4)5)70-83-73(78)66-64-62-60-58-56-54-52-50-48-46-44-42-40-33-31-29-27-25-23-21-19-17-15-13-11-9-7-2/h8-11,14-17,20-23,26-29,32-34,36-37,40,72,76H,6-7,12-13,18-19,24-25,30-31,35,38-39,41-71H2,1-5H3/p+1/b10-8-,11-9-,16-14-,17-15-,22-20-,23-21-,28-26-,29-27-,34-32-,37-36-,40-33-. The van der Waals surface area contributed by atoms with E-state index >= 15 is 0 Å². The first-order valence-corrected chi connectivity index (χ1v) is 34.3. The van der Waals surface area contributed by atoms with Crippen LogP contribution in [-0.2, 0) is 33.3 Å². The van der Waals surface area contributed by atoms with Crippen LogP contribution in [0.4, 0.5) is 0 Å². The number of hydrogen-bond acceptors (Lipinski definition) is 7. The lowest BCUT2D eigenvalue weighted by atomic mass is 10.0. The molecule has 0 saturated heterocycles. The number of carbonyl (C=O) groups excluding carboxylic acids is 2. The molecular formula is C76H128NO8+. The second-order valence-electron chi connectivity index (χ2n) is 23.7. The van der Waals surface area contributed by atoms with Crippen LogP contribution >= 0.6 is 0 Å². The number of carboxylic acids is 1. The van der Waals surface area contributed by atoms with E-state index < -0.39 is 24.3 Å². The van der Waals surface area contributed by atoms with E-state index in [1.807, 2.05) is 21.1 Å². The van der Waals surface area contributed by atoms with E-state index in [1.165, 1.54) is 128 Å². The highest BCUT2D eigenvalue weighted by Crippen LogP contribution is 2.17. The summed E-state index contributed by atoms with van der Waals surface area (Å²) in [6.07, 6.45) is 91.2. The van der Waals surface area contributed by atoms with Gasteiger partial charge in [-0.2, -0.15) is 0 Å². The predicted molar refractivity (Wildman–Crippen MR) is 364 cm³/mol. The Morgan fingerprint density at radius 2 is 0.635 bits per heavy atom. The number of unbranched alkanes of at least 4 members (excludes halogenated alkanes) is 25. The Morgan fingerprint density at radius 1 is 0.353 bits per heavy atom. The normalized spacial score (nSPS) is 13.6.